The van der Waals surface area contributed by atoms with Crippen molar-refractivity contribution in [1.29, 1.82) is 0 Å². The van der Waals surface area contributed by atoms with E-state index in [4.69, 9.17) is 9.98 Å². The van der Waals surface area contributed by atoms with Crippen molar-refractivity contribution in [3.05, 3.63) is 120 Å². The van der Waals surface area contributed by atoms with Crippen LogP contribution in [-0.2, 0) is 0 Å². The first kappa shape index (κ1) is 18.0. The average molecular weight is 384 g/mol. The zero-order valence-electron chi connectivity index (χ0n) is 16.4. The number of aliphatic imine (C=N–C) groups is 2. The maximum Gasteiger partial charge on any atom is 0.0651 e. The third-order valence-electron chi connectivity index (χ3n) is 5.18. The van der Waals surface area contributed by atoms with E-state index in [1.807, 2.05) is 36.7 Å². The van der Waals surface area contributed by atoms with Crippen LogP contribution in [0.1, 0.15) is 11.1 Å². The van der Waals surface area contributed by atoms with Crippen molar-refractivity contribution in [2.24, 2.45) is 9.98 Å². The van der Waals surface area contributed by atoms with Crippen molar-refractivity contribution < 1.29 is 0 Å². The fourth-order valence-electron chi connectivity index (χ4n) is 3.67. The largest absolute Gasteiger partial charge is 0.256 e. The van der Waals surface area contributed by atoms with Crippen LogP contribution in [-0.4, -0.2) is 12.4 Å². The molecule has 0 N–H and O–H groups in total. The van der Waals surface area contributed by atoms with Gasteiger partial charge in [-0.25, -0.2) is 0 Å². The molecule has 5 aromatic carbocycles. The van der Waals surface area contributed by atoms with Gasteiger partial charge in [-0.3, -0.25) is 9.98 Å². The molecule has 0 aliphatic rings. The molecule has 0 bridgehead atoms. The molecule has 0 aliphatic heterocycles. The first-order chi connectivity index (χ1) is 14.9. The van der Waals surface area contributed by atoms with E-state index < -0.39 is 0 Å². The fraction of sp³-hybridized carbons (Fsp3) is 0. The molecule has 0 heterocycles. The lowest BCUT2D eigenvalue weighted by Gasteiger charge is -2.02. The lowest BCUT2D eigenvalue weighted by atomic mass is 10.1. The Morgan fingerprint density at radius 2 is 0.867 bits per heavy atom. The van der Waals surface area contributed by atoms with E-state index in [0.717, 1.165) is 22.5 Å². The van der Waals surface area contributed by atoms with E-state index in [1.165, 1.54) is 21.5 Å². The highest BCUT2D eigenvalue weighted by atomic mass is 14.7. The molecule has 142 valence electrons. The second-order valence-corrected chi connectivity index (χ2v) is 7.17. The lowest BCUT2D eigenvalue weighted by Crippen LogP contribution is -1.84. The van der Waals surface area contributed by atoms with Crippen LogP contribution >= 0.6 is 0 Å². The maximum atomic E-state index is 4.69. The smallest absolute Gasteiger partial charge is 0.0651 e. The Kier molecular flexibility index (Phi) is 4.89. The molecule has 0 amide bonds. The molecule has 0 fully saturated rings. The van der Waals surface area contributed by atoms with Crippen molar-refractivity contribution >= 4 is 45.3 Å². The summed E-state index contributed by atoms with van der Waals surface area (Å²) < 4.78 is 0. The number of hydrogen-bond donors (Lipinski definition) is 0. The van der Waals surface area contributed by atoms with Crippen LogP contribution in [0.4, 0.5) is 11.4 Å². The zero-order valence-corrected chi connectivity index (χ0v) is 16.4. The Bertz CT molecular complexity index is 1280. The molecule has 0 radical (unpaired) electrons. The molecular weight excluding hydrogens is 364 g/mol. The van der Waals surface area contributed by atoms with E-state index in [-0.39, 0.29) is 0 Å². The van der Waals surface area contributed by atoms with Crippen LogP contribution in [0, 0.1) is 0 Å². The van der Waals surface area contributed by atoms with Gasteiger partial charge in [-0.15, -0.1) is 0 Å². The van der Waals surface area contributed by atoms with E-state index in [1.54, 1.807) is 0 Å². The molecule has 0 unspecified atom stereocenters. The van der Waals surface area contributed by atoms with Crippen LogP contribution in [0.25, 0.3) is 21.5 Å². The average Bonchev–Trinajstić information content (AvgIpc) is 2.81. The van der Waals surface area contributed by atoms with Gasteiger partial charge in [-0.05, 0) is 39.7 Å². The predicted octanol–water partition coefficient (Wildman–Crippen LogP) is 7.49. The fourth-order valence-corrected chi connectivity index (χ4v) is 3.67. The second-order valence-electron chi connectivity index (χ2n) is 7.17. The second kappa shape index (κ2) is 8.14. The summed E-state index contributed by atoms with van der Waals surface area (Å²) in [6.45, 7) is 0. The molecule has 0 atom stereocenters. The summed E-state index contributed by atoms with van der Waals surface area (Å²) in [5, 5.41) is 4.84. The normalized spacial score (nSPS) is 11.7. The monoisotopic (exact) mass is 384 g/mol. The van der Waals surface area contributed by atoms with Crippen molar-refractivity contribution in [3.8, 4) is 0 Å². The van der Waals surface area contributed by atoms with Crippen LogP contribution in [0.15, 0.2) is 119 Å². The number of hydrogen-bond acceptors (Lipinski definition) is 2. The molecule has 0 saturated heterocycles. The Morgan fingerprint density at radius 3 is 1.40 bits per heavy atom. The quantitative estimate of drug-likeness (QED) is 0.287. The number of rotatable bonds is 4. The Hall–Kier alpha value is -4.04. The van der Waals surface area contributed by atoms with E-state index in [9.17, 15) is 0 Å². The molecule has 5 rings (SSSR count). The first-order valence-electron chi connectivity index (χ1n) is 10.0. The highest BCUT2D eigenvalue weighted by molar-refractivity contribution is 6.01. The minimum absolute atomic E-state index is 0.885. The van der Waals surface area contributed by atoms with Crippen molar-refractivity contribution in [3.63, 3.8) is 0 Å². The van der Waals surface area contributed by atoms with Gasteiger partial charge in [-0.2, -0.15) is 0 Å². The summed E-state index contributed by atoms with van der Waals surface area (Å²) in [6, 6.07) is 37.3. The number of nitrogens with zero attached hydrogens (tertiary/aromatic N) is 2. The highest BCUT2D eigenvalue weighted by Crippen LogP contribution is 2.23. The number of fused-ring (bicyclic) bond motifs is 2. The molecule has 30 heavy (non-hydrogen) atoms. The first-order valence-corrected chi connectivity index (χ1v) is 10.0. The third-order valence-corrected chi connectivity index (χ3v) is 5.18. The Balaban J connectivity index is 1.43. The van der Waals surface area contributed by atoms with Gasteiger partial charge in [0.15, 0.2) is 0 Å². The minimum Gasteiger partial charge on any atom is -0.256 e. The molecule has 5 aromatic rings. The summed E-state index contributed by atoms with van der Waals surface area (Å²) in [5.41, 5.74) is 3.99. The van der Waals surface area contributed by atoms with E-state index in [0.29, 0.717) is 0 Å². The van der Waals surface area contributed by atoms with Gasteiger partial charge in [0.25, 0.3) is 0 Å². The molecule has 2 heteroatoms. The van der Waals surface area contributed by atoms with Gasteiger partial charge in [0.05, 0.1) is 11.4 Å². The standard InChI is InChI=1S/C28H20N2/c1-3-16-27-21(8-1)10-5-12-23(27)19-29-25-14-7-15-26(18-25)30-20-24-13-6-11-22-9-2-4-17-28(22)24/h1-20H/b29-19-,30-20+. The molecular formula is C28H20N2. The van der Waals surface area contributed by atoms with Gasteiger partial charge in [0, 0.05) is 23.6 Å². The topological polar surface area (TPSA) is 24.7 Å². The van der Waals surface area contributed by atoms with Crippen LogP contribution in [0.3, 0.4) is 0 Å². The van der Waals surface area contributed by atoms with Crippen LogP contribution < -0.4 is 0 Å². The van der Waals surface area contributed by atoms with Gasteiger partial charge in [0.2, 0.25) is 0 Å². The molecule has 0 aliphatic carbocycles. The van der Waals surface area contributed by atoms with E-state index >= 15 is 0 Å². The lowest BCUT2D eigenvalue weighted by molar-refractivity contribution is 1.48. The predicted molar refractivity (Wildman–Crippen MR) is 129 cm³/mol. The molecule has 0 spiro atoms. The van der Waals surface area contributed by atoms with E-state index in [2.05, 4.69) is 84.9 Å². The Labute approximate surface area is 175 Å². The van der Waals surface area contributed by atoms with Crippen LogP contribution in [0.2, 0.25) is 0 Å². The van der Waals surface area contributed by atoms with Crippen molar-refractivity contribution in [2.75, 3.05) is 0 Å². The summed E-state index contributed by atoms with van der Waals surface area (Å²) >= 11 is 0. The SMILES string of the molecule is C(=N/c1cccc(/N=C/c2cccc3ccccc23)c1)/c1cccc2ccccc12. The van der Waals surface area contributed by atoms with Crippen molar-refractivity contribution in [2.45, 2.75) is 0 Å². The van der Waals surface area contributed by atoms with Gasteiger partial charge >= 0.3 is 0 Å². The number of benzene rings is 5. The zero-order chi connectivity index (χ0) is 20.2. The molecule has 0 aromatic heterocycles. The van der Waals surface area contributed by atoms with Crippen LogP contribution in [0.5, 0.6) is 0 Å². The summed E-state index contributed by atoms with van der Waals surface area (Å²) in [6.07, 6.45) is 3.85. The van der Waals surface area contributed by atoms with Gasteiger partial charge < -0.3 is 0 Å². The summed E-state index contributed by atoms with van der Waals surface area (Å²) in [7, 11) is 0. The van der Waals surface area contributed by atoms with Gasteiger partial charge in [-0.1, -0.05) is 91.0 Å². The highest BCUT2D eigenvalue weighted by Gasteiger charge is 1.99. The maximum absolute atomic E-state index is 4.69. The Morgan fingerprint density at radius 1 is 0.433 bits per heavy atom. The van der Waals surface area contributed by atoms with Crippen molar-refractivity contribution in [1.82, 2.24) is 0 Å². The summed E-state index contributed by atoms with van der Waals surface area (Å²) in [4.78, 5) is 9.39. The summed E-state index contributed by atoms with van der Waals surface area (Å²) in [5.74, 6) is 0. The molecule has 0 saturated carbocycles. The van der Waals surface area contributed by atoms with Gasteiger partial charge in [0.1, 0.15) is 0 Å². The minimum atomic E-state index is 0.885. The molecule has 2 nitrogen and oxygen atoms in total. The third kappa shape index (κ3) is 3.76.